The Labute approximate surface area is 125 Å². The van der Waals surface area contributed by atoms with Crippen LogP contribution in [-0.2, 0) is 4.79 Å². The van der Waals surface area contributed by atoms with Gasteiger partial charge in [-0.2, -0.15) is 0 Å². The summed E-state index contributed by atoms with van der Waals surface area (Å²) >= 11 is 0. The van der Waals surface area contributed by atoms with E-state index in [1.807, 2.05) is 0 Å². The zero-order valence-corrected chi connectivity index (χ0v) is 14.4. The molecular formula is C18H31NO. The molecule has 2 nitrogen and oxygen atoms in total. The van der Waals surface area contributed by atoms with Crippen LogP contribution in [0.5, 0.6) is 0 Å². The summed E-state index contributed by atoms with van der Waals surface area (Å²) in [6.07, 6.45) is 1.25. The Morgan fingerprint density at radius 3 is 1.65 bits per heavy atom. The molecule has 2 heteroatoms. The lowest BCUT2D eigenvalue weighted by molar-refractivity contribution is -0.114. The van der Waals surface area contributed by atoms with Crippen LogP contribution in [0, 0.1) is 6.92 Å². The van der Waals surface area contributed by atoms with Crippen LogP contribution in [0.25, 0.3) is 0 Å². The van der Waals surface area contributed by atoms with Crippen LogP contribution in [0.2, 0.25) is 0 Å². The van der Waals surface area contributed by atoms with Gasteiger partial charge in [0.05, 0.1) is 0 Å². The molecule has 0 saturated carbocycles. The molecule has 0 aliphatic carbocycles. The third-order valence-electron chi connectivity index (χ3n) is 2.89. The zero-order chi connectivity index (χ0) is 15.9. The number of anilines is 1. The quantitative estimate of drug-likeness (QED) is 0.763. The van der Waals surface area contributed by atoms with E-state index in [1.54, 1.807) is 6.92 Å². The van der Waals surface area contributed by atoms with Gasteiger partial charge in [0, 0.05) is 12.6 Å². The standard InChI is InChI=1S/C15H23NO.C3H8/c1-9(2)13-7-11(5)8-14(10(3)4)15(13)16-12(6)17;1-3-2/h7-10H,1-6H3,(H,16,17);3H2,1-2H3. The van der Waals surface area contributed by atoms with E-state index >= 15 is 0 Å². The van der Waals surface area contributed by atoms with Crippen LogP contribution in [-0.4, -0.2) is 5.91 Å². The van der Waals surface area contributed by atoms with E-state index in [0.29, 0.717) is 11.8 Å². The van der Waals surface area contributed by atoms with Crippen LogP contribution in [0.4, 0.5) is 5.69 Å². The van der Waals surface area contributed by atoms with Crippen LogP contribution in [0.3, 0.4) is 0 Å². The number of carbonyl (C=O) groups excluding carboxylic acids is 1. The summed E-state index contributed by atoms with van der Waals surface area (Å²) in [6.45, 7) is 16.5. The number of aryl methyl sites for hydroxylation is 1. The summed E-state index contributed by atoms with van der Waals surface area (Å²) in [5, 5.41) is 2.99. The van der Waals surface area contributed by atoms with Gasteiger partial charge in [0.15, 0.2) is 0 Å². The number of rotatable bonds is 3. The number of hydrogen-bond donors (Lipinski definition) is 1. The molecule has 20 heavy (non-hydrogen) atoms. The van der Waals surface area contributed by atoms with Crippen molar-refractivity contribution in [1.29, 1.82) is 0 Å². The van der Waals surface area contributed by atoms with Crippen molar-refractivity contribution < 1.29 is 4.79 Å². The maximum Gasteiger partial charge on any atom is 0.221 e. The van der Waals surface area contributed by atoms with E-state index in [2.05, 4.69) is 65.9 Å². The van der Waals surface area contributed by atoms with Gasteiger partial charge in [-0.25, -0.2) is 0 Å². The Morgan fingerprint density at radius 2 is 1.40 bits per heavy atom. The summed E-state index contributed by atoms with van der Waals surface area (Å²) < 4.78 is 0. The highest BCUT2D eigenvalue weighted by molar-refractivity contribution is 5.91. The van der Waals surface area contributed by atoms with Gasteiger partial charge in [-0.15, -0.1) is 0 Å². The molecule has 0 aromatic heterocycles. The summed E-state index contributed by atoms with van der Waals surface area (Å²) in [5.41, 5.74) is 4.72. The number of amides is 1. The van der Waals surface area contributed by atoms with E-state index in [1.165, 1.54) is 23.1 Å². The lowest BCUT2D eigenvalue weighted by Crippen LogP contribution is -2.12. The molecule has 0 aliphatic heterocycles. The maximum absolute atomic E-state index is 11.3. The van der Waals surface area contributed by atoms with Crippen LogP contribution >= 0.6 is 0 Å². The van der Waals surface area contributed by atoms with Gasteiger partial charge < -0.3 is 5.32 Å². The van der Waals surface area contributed by atoms with Crippen molar-refractivity contribution in [1.82, 2.24) is 0 Å². The third-order valence-corrected chi connectivity index (χ3v) is 2.89. The van der Waals surface area contributed by atoms with Crippen molar-refractivity contribution in [3.8, 4) is 0 Å². The van der Waals surface area contributed by atoms with Crippen molar-refractivity contribution >= 4 is 11.6 Å². The number of benzene rings is 1. The summed E-state index contributed by atoms with van der Waals surface area (Å²) in [7, 11) is 0. The zero-order valence-electron chi connectivity index (χ0n) is 14.4. The molecule has 1 amide bonds. The van der Waals surface area contributed by atoms with Crippen molar-refractivity contribution in [2.45, 2.75) is 73.6 Å². The topological polar surface area (TPSA) is 29.1 Å². The smallest absolute Gasteiger partial charge is 0.221 e. The normalized spacial score (nSPS) is 10.3. The minimum atomic E-state index is -0.00217. The monoisotopic (exact) mass is 277 g/mol. The largest absolute Gasteiger partial charge is 0.326 e. The first-order valence-corrected chi connectivity index (χ1v) is 7.66. The van der Waals surface area contributed by atoms with E-state index in [4.69, 9.17) is 0 Å². The molecule has 0 saturated heterocycles. The van der Waals surface area contributed by atoms with Gasteiger partial charge in [0.1, 0.15) is 0 Å². The van der Waals surface area contributed by atoms with Gasteiger partial charge in [-0.3, -0.25) is 4.79 Å². The summed E-state index contributed by atoms with van der Waals surface area (Å²) in [5.74, 6) is 0.821. The first-order valence-electron chi connectivity index (χ1n) is 7.66. The second-order valence-electron chi connectivity index (χ2n) is 6.02. The van der Waals surface area contributed by atoms with Crippen molar-refractivity contribution in [2.24, 2.45) is 0 Å². The number of carbonyl (C=O) groups is 1. The second kappa shape index (κ2) is 8.78. The molecule has 1 aromatic carbocycles. The Kier molecular flexibility index (Phi) is 8.21. The van der Waals surface area contributed by atoms with Crippen molar-refractivity contribution in [3.63, 3.8) is 0 Å². The Hall–Kier alpha value is -1.31. The average Bonchev–Trinajstić information content (AvgIpc) is 2.30. The molecule has 0 atom stereocenters. The second-order valence-corrected chi connectivity index (χ2v) is 6.02. The number of hydrogen-bond acceptors (Lipinski definition) is 1. The lowest BCUT2D eigenvalue weighted by atomic mass is 9.90. The molecule has 0 heterocycles. The van der Waals surface area contributed by atoms with Gasteiger partial charge in [-0.05, 0) is 29.9 Å². The van der Waals surface area contributed by atoms with E-state index in [-0.39, 0.29) is 5.91 Å². The molecule has 0 unspecified atom stereocenters. The maximum atomic E-state index is 11.3. The molecule has 0 bridgehead atoms. The highest BCUT2D eigenvalue weighted by Gasteiger charge is 2.15. The highest BCUT2D eigenvalue weighted by atomic mass is 16.1. The summed E-state index contributed by atoms with van der Waals surface area (Å²) in [4.78, 5) is 11.3. The van der Waals surface area contributed by atoms with Gasteiger partial charge in [0.2, 0.25) is 5.91 Å². The fourth-order valence-electron chi connectivity index (χ4n) is 2.07. The molecule has 1 rings (SSSR count). The molecule has 1 N–H and O–H groups in total. The molecule has 0 spiro atoms. The minimum Gasteiger partial charge on any atom is -0.326 e. The van der Waals surface area contributed by atoms with E-state index in [9.17, 15) is 4.79 Å². The molecule has 0 fully saturated rings. The molecule has 0 aliphatic rings. The molecule has 1 aromatic rings. The predicted molar refractivity (Wildman–Crippen MR) is 89.6 cm³/mol. The van der Waals surface area contributed by atoms with Gasteiger partial charge in [-0.1, -0.05) is 65.7 Å². The average molecular weight is 277 g/mol. The van der Waals surface area contributed by atoms with Crippen LogP contribution < -0.4 is 5.32 Å². The number of nitrogens with one attached hydrogen (secondary N) is 1. The fourth-order valence-corrected chi connectivity index (χ4v) is 2.07. The van der Waals surface area contributed by atoms with Crippen LogP contribution in [0.15, 0.2) is 12.1 Å². The van der Waals surface area contributed by atoms with Gasteiger partial charge in [0.25, 0.3) is 0 Å². The van der Waals surface area contributed by atoms with Crippen molar-refractivity contribution in [3.05, 3.63) is 28.8 Å². The molecule has 114 valence electrons. The van der Waals surface area contributed by atoms with E-state index < -0.39 is 0 Å². The first-order chi connectivity index (χ1) is 9.24. The Bertz CT molecular complexity index is 404. The van der Waals surface area contributed by atoms with Crippen molar-refractivity contribution in [2.75, 3.05) is 5.32 Å². The first kappa shape index (κ1) is 18.7. The lowest BCUT2D eigenvalue weighted by Gasteiger charge is -2.20. The minimum absolute atomic E-state index is 0.00217. The highest BCUT2D eigenvalue weighted by Crippen LogP contribution is 2.33. The van der Waals surface area contributed by atoms with E-state index in [0.717, 1.165) is 5.69 Å². The Morgan fingerprint density at radius 1 is 1.05 bits per heavy atom. The van der Waals surface area contributed by atoms with Crippen LogP contribution in [0.1, 0.15) is 83.4 Å². The Balaban J connectivity index is 0.00000110. The third kappa shape index (κ3) is 5.77. The predicted octanol–water partition coefficient (Wildman–Crippen LogP) is 5.62. The molecular weight excluding hydrogens is 246 g/mol. The SMILES string of the molecule is CC(=O)Nc1c(C(C)C)cc(C)cc1C(C)C.CCC. The summed E-state index contributed by atoms with van der Waals surface area (Å²) in [6, 6.07) is 4.34. The molecule has 0 radical (unpaired) electrons. The van der Waals surface area contributed by atoms with Gasteiger partial charge >= 0.3 is 0 Å². The fraction of sp³-hybridized carbons (Fsp3) is 0.611.